The molecule has 274 valence electrons. The number of amides is 2. The molecule has 0 bridgehead atoms. The molecule has 0 aromatic heterocycles. The molecular weight excluding hydrogens is 676 g/mol. The van der Waals surface area contributed by atoms with Crippen LogP contribution in [0.25, 0.3) is 0 Å². The topological polar surface area (TPSA) is 109 Å². The van der Waals surface area contributed by atoms with Crippen molar-refractivity contribution in [3.05, 3.63) is 77.1 Å². The molecule has 13 heteroatoms. The van der Waals surface area contributed by atoms with Crippen LogP contribution in [0.5, 0.6) is 17.2 Å². The standard InChI is InChI=1S/C38H47FN4O7S/c1-40(2)36(44)32-11-7-10-21-42(32)38(30-23-26(12-16-33(30)49-4)18-22-41-19-8-6-9-20-41)29-24-27(39)13-15-31(29)43(37(38)45)51(46,47)35-17-14-28(48-3)25-34(35)50-5/h12-17,23-25,32H,6-11,18-22H2,1-5H3/t32-,38?/m0/s1. The zero-order valence-corrected chi connectivity index (χ0v) is 30.8. The van der Waals surface area contributed by atoms with Crippen LogP contribution in [0.15, 0.2) is 59.5 Å². The van der Waals surface area contributed by atoms with Gasteiger partial charge in [0.1, 0.15) is 28.0 Å². The van der Waals surface area contributed by atoms with Crippen LogP contribution in [-0.2, 0) is 31.6 Å². The highest BCUT2D eigenvalue weighted by Gasteiger charge is 2.63. The molecule has 6 rings (SSSR count). The van der Waals surface area contributed by atoms with Crippen LogP contribution in [0.3, 0.4) is 0 Å². The highest BCUT2D eigenvalue weighted by atomic mass is 32.2. The van der Waals surface area contributed by atoms with E-state index in [-0.39, 0.29) is 34.3 Å². The summed E-state index contributed by atoms with van der Waals surface area (Å²) >= 11 is 0. The summed E-state index contributed by atoms with van der Waals surface area (Å²) in [5, 5.41) is 0. The number of likely N-dealkylation sites (tertiary alicyclic amines) is 2. The fourth-order valence-electron chi connectivity index (χ4n) is 7.92. The van der Waals surface area contributed by atoms with Crippen molar-refractivity contribution in [1.29, 1.82) is 0 Å². The molecule has 0 aliphatic carbocycles. The monoisotopic (exact) mass is 722 g/mol. The lowest BCUT2D eigenvalue weighted by atomic mass is 9.78. The van der Waals surface area contributed by atoms with Crippen molar-refractivity contribution < 1.29 is 36.6 Å². The molecule has 1 unspecified atom stereocenters. The molecule has 0 saturated carbocycles. The van der Waals surface area contributed by atoms with Gasteiger partial charge in [-0.25, -0.2) is 17.1 Å². The molecular formula is C38H47FN4O7S. The molecule has 2 amide bonds. The number of likely N-dealkylation sites (N-methyl/N-ethyl adjacent to an activating group) is 1. The average molecular weight is 723 g/mol. The number of ether oxygens (including phenoxy) is 3. The first kappa shape index (κ1) is 36.6. The number of carbonyl (C=O) groups is 2. The smallest absolute Gasteiger partial charge is 0.274 e. The minimum Gasteiger partial charge on any atom is -0.497 e. The van der Waals surface area contributed by atoms with Gasteiger partial charge in [-0.2, -0.15) is 0 Å². The van der Waals surface area contributed by atoms with Crippen LogP contribution in [0.2, 0.25) is 0 Å². The second-order valence-electron chi connectivity index (χ2n) is 13.6. The van der Waals surface area contributed by atoms with E-state index >= 15 is 9.18 Å². The van der Waals surface area contributed by atoms with Gasteiger partial charge in [0.2, 0.25) is 5.91 Å². The van der Waals surface area contributed by atoms with Gasteiger partial charge in [-0.3, -0.25) is 14.5 Å². The van der Waals surface area contributed by atoms with E-state index in [0.29, 0.717) is 36.3 Å². The Morgan fingerprint density at radius 3 is 2.27 bits per heavy atom. The predicted octanol–water partition coefficient (Wildman–Crippen LogP) is 4.80. The molecule has 3 heterocycles. The number of anilines is 1. The number of hydrogen-bond donors (Lipinski definition) is 0. The molecule has 51 heavy (non-hydrogen) atoms. The van der Waals surface area contributed by atoms with Gasteiger partial charge in [0.05, 0.1) is 33.1 Å². The van der Waals surface area contributed by atoms with E-state index in [9.17, 15) is 13.2 Å². The average Bonchev–Trinajstić information content (AvgIpc) is 3.41. The molecule has 3 aromatic carbocycles. The van der Waals surface area contributed by atoms with Gasteiger partial charge in [0, 0.05) is 44.4 Å². The summed E-state index contributed by atoms with van der Waals surface area (Å²) in [5.41, 5.74) is -0.578. The SMILES string of the molecule is COc1ccc(S(=O)(=O)N2C(=O)C(c3cc(CCN4CCCCC4)ccc3OC)(N3CCCC[C@H]3C(=O)N(C)C)c3cc(F)ccc32)c(OC)c1. The van der Waals surface area contributed by atoms with E-state index in [2.05, 4.69) is 4.90 Å². The van der Waals surface area contributed by atoms with Crippen molar-refractivity contribution in [2.24, 2.45) is 0 Å². The second-order valence-corrected chi connectivity index (χ2v) is 15.3. The number of halogens is 1. The second kappa shape index (κ2) is 14.8. The Labute approximate surface area is 299 Å². The number of hydrogen-bond acceptors (Lipinski definition) is 9. The fourth-order valence-corrected chi connectivity index (χ4v) is 9.52. The Morgan fingerprint density at radius 1 is 0.863 bits per heavy atom. The molecule has 2 atom stereocenters. The number of benzene rings is 3. The number of rotatable bonds is 11. The third-order valence-electron chi connectivity index (χ3n) is 10.4. The summed E-state index contributed by atoms with van der Waals surface area (Å²) < 4.78 is 62.8. The normalized spacial score (nSPS) is 21.3. The van der Waals surface area contributed by atoms with Crippen LogP contribution in [0.1, 0.15) is 55.2 Å². The summed E-state index contributed by atoms with van der Waals surface area (Å²) in [4.78, 5) is 35.1. The van der Waals surface area contributed by atoms with Crippen molar-refractivity contribution >= 4 is 27.5 Å². The Morgan fingerprint density at radius 2 is 1.59 bits per heavy atom. The summed E-state index contributed by atoms with van der Waals surface area (Å²) in [7, 11) is 2.88. The van der Waals surface area contributed by atoms with Gasteiger partial charge in [-0.05, 0) is 93.2 Å². The van der Waals surface area contributed by atoms with Crippen molar-refractivity contribution in [2.45, 2.75) is 61.4 Å². The lowest BCUT2D eigenvalue weighted by Gasteiger charge is -2.47. The Hall–Kier alpha value is -4.20. The van der Waals surface area contributed by atoms with Crippen LogP contribution in [0.4, 0.5) is 10.1 Å². The Kier molecular flexibility index (Phi) is 10.6. The molecule has 0 spiro atoms. The fraction of sp³-hybridized carbons (Fsp3) is 0.474. The summed E-state index contributed by atoms with van der Waals surface area (Å²) in [6, 6.07) is 12.7. The maximum absolute atomic E-state index is 15.7. The van der Waals surface area contributed by atoms with Crippen molar-refractivity contribution in [2.75, 3.05) is 65.9 Å². The largest absolute Gasteiger partial charge is 0.497 e. The first-order valence-corrected chi connectivity index (χ1v) is 18.9. The first-order chi connectivity index (χ1) is 24.5. The number of piperidine rings is 2. The molecule has 0 N–H and O–H groups in total. The molecule has 3 aromatic rings. The zero-order valence-electron chi connectivity index (χ0n) is 30.0. The summed E-state index contributed by atoms with van der Waals surface area (Å²) in [5.74, 6) is -1.09. The van der Waals surface area contributed by atoms with Crippen molar-refractivity contribution in [3.63, 3.8) is 0 Å². The van der Waals surface area contributed by atoms with Crippen molar-refractivity contribution in [3.8, 4) is 17.2 Å². The molecule has 11 nitrogen and oxygen atoms in total. The zero-order chi connectivity index (χ0) is 36.5. The highest BCUT2D eigenvalue weighted by Crippen LogP contribution is 2.55. The maximum Gasteiger partial charge on any atom is 0.274 e. The van der Waals surface area contributed by atoms with E-state index in [1.807, 2.05) is 12.1 Å². The third kappa shape index (κ3) is 6.44. The van der Waals surface area contributed by atoms with Crippen molar-refractivity contribution in [1.82, 2.24) is 14.7 Å². The van der Waals surface area contributed by atoms with E-state index < -0.39 is 33.3 Å². The van der Waals surface area contributed by atoms with Gasteiger partial charge >= 0.3 is 0 Å². The van der Waals surface area contributed by atoms with Gasteiger partial charge in [-0.1, -0.05) is 18.9 Å². The van der Waals surface area contributed by atoms with Gasteiger partial charge in [0.15, 0.2) is 5.54 Å². The van der Waals surface area contributed by atoms with E-state index in [1.54, 1.807) is 25.1 Å². The highest BCUT2D eigenvalue weighted by molar-refractivity contribution is 7.93. The quantitative estimate of drug-likeness (QED) is 0.276. The number of methoxy groups -OCH3 is 3. The predicted molar refractivity (Wildman–Crippen MR) is 191 cm³/mol. The Balaban J connectivity index is 1.62. The third-order valence-corrected chi connectivity index (χ3v) is 12.2. The van der Waals surface area contributed by atoms with Crippen LogP contribution >= 0.6 is 0 Å². The Bertz CT molecular complexity index is 1900. The molecule has 2 saturated heterocycles. The molecule has 2 fully saturated rings. The number of sulfonamides is 1. The summed E-state index contributed by atoms with van der Waals surface area (Å²) in [6.07, 6.45) is 5.95. The van der Waals surface area contributed by atoms with Gasteiger partial charge in [-0.15, -0.1) is 0 Å². The number of carbonyl (C=O) groups excluding carboxylic acids is 2. The molecule has 0 radical (unpaired) electrons. The van der Waals surface area contributed by atoms with Gasteiger partial charge in [0.25, 0.3) is 15.9 Å². The maximum atomic E-state index is 15.7. The first-order valence-electron chi connectivity index (χ1n) is 17.5. The number of nitrogens with zero attached hydrogens (tertiary/aromatic N) is 4. The minimum absolute atomic E-state index is 0.0123. The van der Waals surface area contributed by atoms with Crippen LogP contribution < -0.4 is 18.5 Å². The van der Waals surface area contributed by atoms with E-state index in [0.717, 1.165) is 54.8 Å². The summed E-state index contributed by atoms with van der Waals surface area (Å²) in [6.45, 7) is 3.11. The lowest BCUT2D eigenvalue weighted by molar-refractivity contribution is -0.142. The van der Waals surface area contributed by atoms with E-state index in [1.165, 1.54) is 63.0 Å². The van der Waals surface area contributed by atoms with Crippen LogP contribution in [0, 0.1) is 5.82 Å². The molecule has 3 aliphatic rings. The minimum atomic E-state index is -4.70. The van der Waals surface area contributed by atoms with E-state index in [4.69, 9.17) is 14.2 Å². The lowest BCUT2D eigenvalue weighted by Crippen LogP contribution is -2.62. The van der Waals surface area contributed by atoms with Gasteiger partial charge < -0.3 is 24.0 Å². The number of fused-ring (bicyclic) bond motifs is 1. The molecule has 3 aliphatic heterocycles. The van der Waals surface area contributed by atoms with Crippen LogP contribution in [-0.4, -0.2) is 103 Å².